The Morgan fingerprint density at radius 3 is 1.40 bits per heavy atom. The molecule has 2 N–H and O–H groups in total. The Bertz CT molecular complexity index is 2350. The van der Waals surface area contributed by atoms with Crippen molar-refractivity contribution in [3.8, 4) is 23.0 Å². The van der Waals surface area contributed by atoms with E-state index < -0.39 is 10.4 Å². The maximum absolute atomic E-state index is 13.5. The molecule has 336 valence electrons. The largest absolute Gasteiger partial charge is 0.493 e. The standard InChI is InChI=1S/2C23H26N2O4.H2O4S/c2*1-27-16-8-14-15(9-17(16)28-2)25-20(26)10-18-21-13-7-19-23(14,22(21)25)4-5-24(19)11-12(13)3-6-29-18;1-5(2,3)4/h2*3,8-9,13,18-19,21-22H,4-7,10-11H2,1-2H3;(H2,1,2,3,4)/t2*13-,18-,19-,21-,22-,23+;/m00./s1. The van der Waals surface area contributed by atoms with Gasteiger partial charge in [0.2, 0.25) is 11.8 Å². The fourth-order valence-electron chi connectivity index (χ4n) is 15.7. The van der Waals surface area contributed by atoms with Crippen LogP contribution in [0.2, 0.25) is 0 Å². The quantitative estimate of drug-likeness (QED) is 0.337. The monoisotopic (exact) mass is 886 g/mol. The summed E-state index contributed by atoms with van der Waals surface area (Å²) in [6, 6.07) is 9.74. The fraction of sp³-hybridized carbons (Fsp3) is 0.609. The van der Waals surface area contributed by atoms with Crippen LogP contribution in [-0.4, -0.2) is 143 Å². The normalized spacial score (nSPS) is 38.7. The molecule has 2 saturated carbocycles. The van der Waals surface area contributed by atoms with Gasteiger partial charge in [0.25, 0.3) is 0 Å². The maximum Gasteiger partial charge on any atom is 0.394 e. The van der Waals surface area contributed by atoms with Gasteiger partial charge in [0.15, 0.2) is 23.0 Å². The van der Waals surface area contributed by atoms with E-state index in [0.29, 0.717) is 73.3 Å². The molecule has 0 radical (unpaired) electrons. The van der Waals surface area contributed by atoms with Crippen LogP contribution in [0.3, 0.4) is 0 Å². The van der Waals surface area contributed by atoms with Crippen LogP contribution in [0.1, 0.15) is 49.7 Å². The first-order valence-electron chi connectivity index (χ1n) is 22.3. The van der Waals surface area contributed by atoms with Gasteiger partial charge in [-0.05, 0) is 73.9 Å². The number of carbonyl (C=O) groups is 2. The van der Waals surface area contributed by atoms with Gasteiger partial charge in [-0.2, -0.15) is 8.42 Å². The highest BCUT2D eigenvalue weighted by Crippen LogP contribution is 2.68. The van der Waals surface area contributed by atoms with Crippen molar-refractivity contribution in [1.29, 1.82) is 0 Å². The minimum absolute atomic E-state index is 0.0242. The number of amides is 2. The molecule has 10 aliphatic heterocycles. The molecule has 10 heterocycles. The molecule has 2 aliphatic carbocycles. The first-order valence-corrected chi connectivity index (χ1v) is 23.7. The highest BCUT2D eigenvalue weighted by molar-refractivity contribution is 7.79. The van der Waals surface area contributed by atoms with Crippen LogP contribution in [0.4, 0.5) is 11.4 Å². The molecule has 2 amide bonds. The Morgan fingerprint density at radius 2 is 1.02 bits per heavy atom. The Hall–Kier alpha value is -4.23. The van der Waals surface area contributed by atoms with E-state index >= 15 is 0 Å². The smallest absolute Gasteiger partial charge is 0.394 e. The number of hydrogen-bond donors (Lipinski definition) is 2. The molecule has 14 rings (SSSR count). The summed E-state index contributed by atoms with van der Waals surface area (Å²) < 4.78 is 66.8. The van der Waals surface area contributed by atoms with E-state index in [9.17, 15) is 9.59 Å². The summed E-state index contributed by atoms with van der Waals surface area (Å²) in [6.45, 7) is 5.61. The summed E-state index contributed by atoms with van der Waals surface area (Å²) in [6.07, 6.45) is 10.2. The summed E-state index contributed by atoms with van der Waals surface area (Å²) >= 11 is 0. The summed E-state index contributed by atoms with van der Waals surface area (Å²) in [5.41, 5.74) is 7.70. The number of methoxy groups -OCH3 is 4. The van der Waals surface area contributed by atoms with E-state index in [2.05, 4.69) is 43.9 Å². The number of hydrogen-bond acceptors (Lipinski definition) is 12. The predicted octanol–water partition coefficient (Wildman–Crippen LogP) is 3.57. The topological polar surface area (TPSA) is 177 Å². The average molecular weight is 887 g/mol. The van der Waals surface area contributed by atoms with Crippen molar-refractivity contribution in [1.82, 2.24) is 9.80 Å². The molecule has 4 bridgehead atoms. The van der Waals surface area contributed by atoms with E-state index in [1.54, 1.807) is 39.6 Å². The van der Waals surface area contributed by atoms with E-state index in [1.807, 2.05) is 12.1 Å². The highest BCUT2D eigenvalue weighted by atomic mass is 32.3. The lowest BCUT2D eigenvalue weighted by Gasteiger charge is -2.58. The minimum atomic E-state index is -4.67. The Balaban J connectivity index is 0.000000121. The van der Waals surface area contributed by atoms with Crippen molar-refractivity contribution in [2.75, 3.05) is 77.6 Å². The van der Waals surface area contributed by atoms with Gasteiger partial charge in [-0.1, -0.05) is 23.3 Å². The van der Waals surface area contributed by atoms with Crippen molar-refractivity contribution >= 4 is 33.6 Å². The van der Waals surface area contributed by atoms with Gasteiger partial charge in [0.05, 0.1) is 90.2 Å². The van der Waals surface area contributed by atoms with Crippen LogP contribution in [0.5, 0.6) is 23.0 Å². The summed E-state index contributed by atoms with van der Waals surface area (Å²) in [5, 5.41) is 0. The molecule has 16 nitrogen and oxygen atoms in total. The van der Waals surface area contributed by atoms with Gasteiger partial charge in [-0.3, -0.25) is 28.5 Å². The first-order chi connectivity index (χ1) is 30.3. The lowest BCUT2D eigenvalue weighted by molar-refractivity contribution is -0.133. The molecule has 6 saturated heterocycles. The molecule has 8 fully saturated rings. The lowest BCUT2D eigenvalue weighted by atomic mass is 9.53. The molecule has 0 unspecified atom stereocenters. The molecule has 17 heteroatoms. The van der Waals surface area contributed by atoms with E-state index in [0.717, 1.165) is 61.9 Å². The van der Waals surface area contributed by atoms with Crippen molar-refractivity contribution in [3.05, 3.63) is 58.7 Å². The van der Waals surface area contributed by atoms with Crippen LogP contribution < -0.4 is 28.7 Å². The van der Waals surface area contributed by atoms with Crippen LogP contribution >= 0.6 is 0 Å². The third kappa shape index (κ3) is 5.32. The highest BCUT2D eigenvalue weighted by Gasteiger charge is 2.73. The third-order valence-electron chi connectivity index (χ3n) is 17.6. The fourth-order valence-corrected chi connectivity index (χ4v) is 15.7. The zero-order valence-electron chi connectivity index (χ0n) is 35.9. The lowest BCUT2D eigenvalue weighted by Crippen LogP contribution is -2.69. The third-order valence-corrected chi connectivity index (χ3v) is 17.6. The van der Waals surface area contributed by atoms with E-state index in [1.165, 1.54) is 24.0 Å². The maximum atomic E-state index is 13.5. The van der Waals surface area contributed by atoms with Gasteiger partial charge in [-0.25, -0.2) is 0 Å². The Labute approximate surface area is 366 Å². The van der Waals surface area contributed by atoms with Crippen LogP contribution in [0.15, 0.2) is 47.6 Å². The molecular formula is C46H54N4O12S. The summed E-state index contributed by atoms with van der Waals surface area (Å²) in [5.74, 6) is 5.15. The number of anilines is 2. The Morgan fingerprint density at radius 1 is 0.635 bits per heavy atom. The second-order valence-electron chi connectivity index (χ2n) is 19.4. The van der Waals surface area contributed by atoms with Crippen molar-refractivity contribution in [2.24, 2.45) is 23.7 Å². The van der Waals surface area contributed by atoms with Crippen LogP contribution in [0, 0.1) is 23.7 Å². The number of ether oxygens (including phenoxy) is 6. The molecular weight excluding hydrogens is 833 g/mol. The number of carbonyl (C=O) groups excluding carboxylic acids is 2. The molecule has 2 aromatic rings. The van der Waals surface area contributed by atoms with Gasteiger partial charge in [0.1, 0.15) is 0 Å². The predicted molar refractivity (Wildman–Crippen MR) is 227 cm³/mol. The molecule has 12 aliphatic rings. The summed E-state index contributed by atoms with van der Waals surface area (Å²) in [7, 11) is 2.05. The number of nitrogens with zero attached hydrogens (tertiary/aromatic N) is 4. The van der Waals surface area contributed by atoms with Gasteiger partial charge in [-0.15, -0.1) is 0 Å². The number of rotatable bonds is 4. The molecule has 63 heavy (non-hydrogen) atoms. The van der Waals surface area contributed by atoms with Gasteiger partial charge in [0, 0.05) is 60.0 Å². The van der Waals surface area contributed by atoms with E-state index in [4.69, 9.17) is 45.9 Å². The van der Waals surface area contributed by atoms with Crippen molar-refractivity contribution in [3.63, 3.8) is 0 Å². The average Bonchev–Trinajstić information content (AvgIpc) is 3.94. The van der Waals surface area contributed by atoms with Crippen molar-refractivity contribution < 1.29 is 55.5 Å². The number of piperidine rings is 4. The van der Waals surface area contributed by atoms with Gasteiger partial charge < -0.3 is 38.2 Å². The second-order valence-corrected chi connectivity index (χ2v) is 20.3. The zero-order chi connectivity index (χ0) is 43.5. The zero-order valence-corrected chi connectivity index (χ0v) is 36.7. The van der Waals surface area contributed by atoms with Crippen molar-refractivity contribution in [2.45, 2.75) is 85.7 Å². The van der Waals surface area contributed by atoms with Crippen LogP contribution in [0.25, 0.3) is 0 Å². The minimum Gasteiger partial charge on any atom is -0.493 e. The number of fused-ring (bicyclic) bond motifs is 4. The first kappa shape index (κ1) is 40.3. The Kier molecular flexibility index (Phi) is 8.88. The van der Waals surface area contributed by atoms with E-state index in [-0.39, 0.29) is 46.9 Å². The number of benzene rings is 2. The molecule has 0 aromatic heterocycles. The molecule has 12 atom stereocenters. The van der Waals surface area contributed by atoms with Gasteiger partial charge >= 0.3 is 10.4 Å². The SMILES string of the molecule is COc1cc2c(cc1OC)[C@@]13CCN4CC5=CCO[C@H]6CC(=O)N2[C@H]1[C@H]6[C@H]5C[C@H]43.COc1cc2c(cc1OC)[C@@]13CCN4CC5=CCO[C@H]6CC(=O)N2[C@H]1[C@H]6[C@H]5C[C@H]43.O=S(=O)(O)O. The second kappa shape index (κ2) is 13.9. The molecule has 2 spiro atoms. The molecule has 2 aromatic carbocycles. The van der Waals surface area contributed by atoms with Crippen LogP contribution in [-0.2, 0) is 40.3 Å². The summed E-state index contributed by atoms with van der Waals surface area (Å²) in [4.78, 5) is 36.5.